The van der Waals surface area contributed by atoms with E-state index in [2.05, 4.69) is 10.1 Å². The number of rotatable bonds is 9. The number of carbonyl (C=O) groups excluding carboxylic acids is 1. The second-order valence-electron chi connectivity index (χ2n) is 7.29. The maximum Gasteiger partial charge on any atom is 0.403 e. The van der Waals surface area contributed by atoms with Gasteiger partial charge < -0.3 is 19.5 Å². The third-order valence-corrected chi connectivity index (χ3v) is 6.85. The predicted molar refractivity (Wildman–Crippen MR) is 123 cm³/mol. The molecule has 4 N–H and O–H groups in total. The fourth-order valence-electron chi connectivity index (χ4n) is 3.29. The van der Waals surface area contributed by atoms with E-state index in [0.29, 0.717) is 0 Å². The van der Waals surface area contributed by atoms with Crippen molar-refractivity contribution in [2.75, 3.05) is 13.7 Å². The van der Waals surface area contributed by atoms with E-state index in [1.54, 1.807) is 52.9 Å². The number of hydrogen-bond donors (Lipinski definition) is 4. The fraction of sp³-hybridized carbons (Fsp3) is 0.421. The second-order valence-corrected chi connectivity index (χ2v) is 10.0. The van der Waals surface area contributed by atoms with Crippen LogP contribution in [0.5, 0.6) is 0 Å². The van der Waals surface area contributed by atoms with Gasteiger partial charge in [-0.2, -0.15) is 0 Å². The summed E-state index contributed by atoms with van der Waals surface area (Å²) in [5.74, 6) is -0.749. The van der Waals surface area contributed by atoms with E-state index in [1.807, 2.05) is 0 Å². The van der Waals surface area contributed by atoms with Gasteiger partial charge in [0.15, 0.2) is 0 Å². The number of aliphatic hydroxyl groups excluding tert-OH is 1. The molecule has 0 spiro atoms. The van der Waals surface area contributed by atoms with Gasteiger partial charge in [0.1, 0.15) is 18.4 Å². The Morgan fingerprint density at radius 3 is 2.76 bits per heavy atom. The van der Waals surface area contributed by atoms with Gasteiger partial charge in [0.2, 0.25) is 0 Å². The zero-order chi connectivity index (χ0) is 24.2. The minimum Gasteiger partial charge on any atom is -0.468 e. The highest BCUT2D eigenvalue weighted by molar-refractivity contribution is 14.1. The molecule has 0 aliphatic carbocycles. The van der Waals surface area contributed by atoms with Crippen molar-refractivity contribution in [2.45, 2.75) is 37.3 Å². The quantitative estimate of drug-likeness (QED) is 0.180. The molecule has 14 heteroatoms. The minimum absolute atomic E-state index is 0.00198. The van der Waals surface area contributed by atoms with Crippen LogP contribution < -0.4 is 16.3 Å². The highest BCUT2D eigenvalue weighted by Crippen LogP contribution is 2.40. The van der Waals surface area contributed by atoms with E-state index >= 15 is 0 Å². The monoisotopic (exact) mass is 595 g/mol. The largest absolute Gasteiger partial charge is 0.468 e. The first-order valence-electron chi connectivity index (χ1n) is 9.81. The number of methoxy groups -OCH3 is 1. The second kappa shape index (κ2) is 11.0. The van der Waals surface area contributed by atoms with Gasteiger partial charge in [-0.25, -0.2) is 14.4 Å². The van der Waals surface area contributed by atoms with Crippen molar-refractivity contribution in [3.05, 3.63) is 66.5 Å². The van der Waals surface area contributed by atoms with E-state index < -0.39 is 56.0 Å². The van der Waals surface area contributed by atoms with Crippen molar-refractivity contribution in [3.8, 4) is 0 Å². The highest BCUT2D eigenvalue weighted by atomic mass is 127. The summed E-state index contributed by atoms with van der Waals surface area (Å²) in [5.41, 5.74) is -0.521. The Morgan fingerprint density at radius 1 is 1.39 bits per heavy atom. The molecule has 1 fully saturated rings. The number of nitrogens with one attached hydrogen (secondary N) is 2. The zero-order valence-corrected chi connectivity index (χ0v) is 20.5. The summed E-state index contributed by atoms with van der Waals surface area (Å²) in [6.07, 6.45) is -1.66. The molecule has 0 radical (unpaired) electrons. The van der Waals surface area contributed by atoms with Gasteiger partial charge in [0.05, 0.1) is 23.4 Å². The molecular weight excluding hydrogens is 572 g/mol. The lowest BCUT2D eigenvalue weighted by Gasteiger charge is -2.22. The number of ether oxygens (including phenoxy) is 2. The van der Waals surface area contributed by atoms with Gasteiger partial charge in [-0.3, -0.25) is 23.7 Å². The number of nitrogens with zero attached hydrogens (tertiary/aromatic N) is 1. The third-order valence-electron chi connectivity index (χ3n) is 4.94. The SMILES string of the molecule is COC(=O)C(Cc1ccccc1)NP(=O)(O)OC[C@@H]1O[C@H](n2cc(I)c(=O)[nH]c2=O)C[C@H]1O. The summed E-state index contributed by atoms with van der Waals surface area (Å²) in [5, 5.41) is 12.6. The molecule has 1 aliphatic heterocycles. The number of aliphatic hydroxyl groups is 1. The van der Waals surface area contributed by atoms with Gasteiger partial charge in [0.25, 0.3) is 5.56 Å². The smallest absolute Gasteiger partial charge is 0.403 e. The van der Waals surface area contributed by atoms with Crippen LogP contribution in [0.25, 0.3) is 0 Å². The Labute approximate surface area is 201 Å². The van der Waals surface area contributed by atoms with Gasteiger partial charge in [0, 0.05) is 12.6 Å². The maximum atomic E-state index is 12.6. The van der Waals surface area contributed by atoms with Crippen molar-refractivity contribution in [2.24, 2.45) is 0 Å². The molecule has 0 amide bonds. The van der Waals surface area contributed by atoms with E-state index in [0.717, 1.165) is 17.2 Å². The molecule has 1 saturated heterocycles. The lowest BCUT2D eigenvalue weighted by molar-refractivity contribution is -0.142. The zero-order valence-electron chi connectivity index (χ0n) is 17.4. The van der Waals surface area contributed by atoms with E-state index in [4.69, 9.17) is 14.0 Å². The average molecular weight is 595 g/mol. The first-order valence-corrected chi connectivity index (χ1v) is 12.5. The molecule has 0 bridgehead atoms. The Morgan fingerprint density at radius 2 is 2.09 bits per heavy atom. The third kappa shape index (κ3) is 6.82. The molecule has 2 unspecified atom stereocenters. The van der Waals surface area contributed by atoms with Crippen LogP contribution in [0.2, 0.25) is 0 Å². The summed E-state index contributed by atoms with van der Waals surface area (Å²) in [7, 11) is -3.35. The number of halogens is 1. The van der Waals surface area contributed by atoms with Gasteiger partial charge in [-0.05, 0) is 34.6 Å². The molecular formula is C19H23IN3O9P. The lowest BCUT2D eigenvalue weighted by atomic mass is 10.1. The highest BCUT2D eigenvalue weighted by Gasteiger charge is 2.38. The van der Waals surface area contributed by atoms with E-state index in [9.17, 15) is 28.9 Å². The number of esters is 1. The summed E-state index contributed by atoms with van der Waals surface area (Å²) < 4.78 is 29.3. The molecule has 5 atom stereocenters. The molecule has 12 nitrogen and oxygen atoms in total. The van der Waals surface area contributed by atoms with Crippen LogP contribution >= 0.6 is 30.3 Å². The van der Waals surface area contributed by atoms with Crippen LogP contribution in [-0.2, 0) is 29.8 Å². The number of aromatic nitrogens is 2. The van der Waals surface area contributed by atoms with E-state index in [-0.39, 0.29) is 16.4 Å². The molecule has 1 aromatic heterocycles. The van der Waals surface area contributed by atoms with Crippen LogP contribution in [0.1, 0.15) is 18.2 Å². The Kier molecular flexibility index (Phi) is 8.61. The molecule has 1 aliphatic rings. The number of aromatic amines is 1. The van der Waals surface area contributed by atoms with Crippen molar-refractivity contribution < 1.29 is 33.4 Å². The lowest BCUT2D eigenvalue weighted by Crippen LogP contribution is -2.38. The maximum absolute atomic E-state index is 12.6. The van der Waals surface area contributed by atoms with Gasteiger partial charge in [-0.15, -0.1) is 0 Å². The number of benzene rings is 1. The normalized spacial score (nSPS) is 23.1. The summed E-state index contributed by atoms with van der Waals surface area (Å²) in [6.45, 7) is -0.493. The molecule has 2 heterocycles. The molecule has 180 valence electrons. The predicted octanol–water partition coefficient (Wildman–Crippen LogP) is 0.280. The molecule has 2 aromatic rings. The number of hydrogen-bond acceptors (Lipinski definition) is 8. The van der Waals surface area contributed by atoms with Gasteiger partial charge in [-0.1, -0.05) is 30.3 Å². The van der Waals surface area contributed by atoms with Crippen LogP contribution in [0.4, 0.5) is 0 Å². The summed E-state index contributed by atoms with van der Waals surface area (Å²) >= 11 is 1.76. The Balaban J connectivity index is 1.63. The van der Waals surface area contributed by atoms with Crippen molar-refractivity contribution in [1.29, 1.82) is 0 Å². The molecule has 1 aromatic carbocycles. The Bertz CT molecular complexity index is 1140. The first-order chi connectivity index (χ1) is 15.6. The average Bonchev–Trinajstić information content (AvgIpc) is 3.14. The molecule has 3 rings (SSSR count). The van der Waals surface area contributed by atoms with Crippen LogP contribution in [0.3, 0.4) is 0 Å². The molecule has 33 heavy (non-hydrogen) atoms. The minimum atomic E-state index is -4.51. The standard InChI is InChI=1S/C19H23IN3O9P/c1-30-18(26)13(7-11-5-3-2-4-6-11)22-33(28,29)31-10-15-14(24)8-16(32-15)23-9-12(20)17(25)21-19(23)27/h2-6,9,13-16,24H,7-8,10H2,1H3,(H,21,25,27)(H2,22,28,29)/t13?,14-,15+,16+/m1/s1. The fourth-order valence-corrected chi connectivity index (χ4v) is 4.74. The van der Waals surface area contributed by atoms with Crippen molar-refractivity contribution in [1.82, 2.24) is 14.6 Å². The van der Waals surface area contributed by atoms with Crippen LogP contribution in [-0.4, -0.2) is 57.5 Å². The van der Waals surface area contributed by atoms with Crippen LogP contribution in [0.15, 0.2) is 46.1 Å². The molecule has 0 saturated carbocycles. The summed E-state index contributed by atoms with van der Waals surface area (Å²) in [4.78, 5) is 48.0. The van der Waals surface area contributed by atoms with E-state index in [1.165, 1.54) is 6.20 Å². The summed E-state index contributed by atoms with van der Waals surface area (Å²) in [6, 6.07) is 7.68. The first kappa shape index (κ1) is 25.7. The topological polar surface area (TPSA) is 169 Å². The number of carbonyl (C=O) groups is 1. The van der Waals surface area contributed by atoms with Crippen LogP contribution in [0, 0.1) is 3.57 Å². The van der Waals surface area contributed by atoms with Crippen molar-refractivity contribution in [3.63, 3.8) is 0 Å². The van der Waals surface area contributed by atoms with Gasteiger partial charge >= 0.3 is 19.4 Å². The Hall–Kier alpha value is -1.87. The number of H-pyrrole nitrogens is 1. The van der Waals surface area contributed by atoms with Crippen molar-refractivity contribution >= 4 is 36.3 Å².